The van der Waals surface area contributed by atoms with E-state index in [9.17, 15) is 31.2 Å². The lowest BCUT2D eigenvalue weighted by Gasteiger charge is -2.48. The smallest absolute Gasteiger partial charge is 0.255 e. The van der Waals surface area contributed by atoms with Crippen LogP contribution in [0.1, 0.15) is 40.0 Å². The summed E-state index contributed by atoms with van der Waals surface area (Å²) < 4.78 is 102. The van der Waals surface area contributed by atoms with Crippen molar-refractivity contribution in [3.05, 3.63) is 186 Å². The van der Waals surface area contributed by atoms with E-state index in [1.807, 2.05) is 54.0 Å². The Hall–Kier alpha value is -10.2. The number of anilines is 3. The maximum atomic E-state index is 15.1. The number of sulfonamides is 1. The minimum atomic E-state index is -3.75. The van der Waals surface area contributed by atoms with Gasteiger partial charge in [0.05, 0.1) is 79.8 Å². The van der Waals surface area contributed by atoms with Gasteiger partial charge in [0.1, 0.15) is 63.6 Å². The Labute approximate surface area is 510 Å². The summed E-state index contributed by atoms with van der Waals surface area (Å²) in [5.41, 5.74) is 10.7. The molecule has 1 aliphatic carbocycles. The maximum Gasteiger partial charge on any atom is 0.255 e. The summed E-state index contributed by atoms with van der Waals surface area (Å²) in [7, 11) is 2.67. The van der Waals surface area contributed by atoms with E-state index in [1.54, 1.807) is 72.5 Å². The van der Waals surface area contributed by atoms with E-state index >= 15 is 4.39 Å². The first-order chi connectivity index (χ1) is 42.9. The summed E-state index contributed by atoms with van der Waals surface area (Å²) in [5.74, 6) is -1.65. The first-order valence-electron chi connectivity index (χ1n) is 28.2. The van der Waals surface area contributed by atoms with Crippen LogP contribution in [0.3, 0.4) is 0 Å². The monoisotopic (exact) mass is 1230 g/mol. The van der Waals surface area contributed by atoms with Crippen LogP contribution in [0.25, 0.3) is 117 Å². The zero-order valence-electron chi connectivity index (χ0n) is 48.5. The first kappa shape index (κ1) is 56.6. The summed E-state index contributed by atoms with van der Waals surface area (Å²) in [6.45, 7) is 0. The molecular formula is C67H52F4N10O6S2. The van der Waals surface area contributed by atoms with Crippen LogP contribution >= 0.6 is 11.9 Å². The van der Waals surface area contributed by atoms with Crippen LogP contribution in [-0.4, -0.2) is 84.9 Å². The molecule has 89 heavy (non-hydrogen) atoms. The Morgan fingerprint density at radius 2 is 1.22 bits per heavy atom. The highest BCUT2D eigenvalue weighted by molar-refractivity contribution is 7.99. The summed E-state index contributed by atoms with van der Waals surface area (Å²) in [5, 5.41) is 11.8. The fraction of sp³-hybridized carbons (Fsp3) is 0.149. The van der Waals surface area contributed by atoms with Crippen molar-refractivity contribution in [2.45, 2.75) is 24.9 Å². The van der Waals surface area contributed by atoms with E-state index in [0.717, 1.165) is 63.7 Å². The van der Waals surface area contributed by atoms with Crippen LogP contribution < -0.4 is 24.6 Å². The molecule has 1 aliphatic heterocycles. The number of nitrogens with one attached hydrogen (secondary N) is 3. The van der Waals surface area contributed by atoms with Gasteiger partial charge < -0.3 is 33.7 Å². The van der Waals surface area contributed by atoms with Gasteiger partial charge in [-0.3, -0.25) is 23.3 Å². The summed E-state index contributed by atoms with van der Waals surface area (Å²) in [6.07, 6.45) is 9.20. The van der Waals surface area contributed by atoms with Crippen molar-refractivity contribution in [2.75, 3.05) is 54.6 Å². The molecule has 0 atom stereocenters. The SMILES string of the molecule is CNC(=O)c1c(-c2ccc(F)cc2)oc2cc(N(C)S(C)(=O)=O)c(-c3cc4c(cn3)ncn3c5cccc(F)c5cc43)cc12.CNC(=O)c1c(-c2ccc(F)cc2)oc2cc(N(C)SC)c(-c3ccc4c(n3)-c3cc5c(F)cccc5n3C3(CCC3)N4)cc12. The molecule has 7 aromatic heterocycles. The van der Waals surface area contributed by atoms with Gasteiger partial charge in [0.25, 0.3) is 11.8 Å². The molecule has 0 bridgehead atoms. The summed E-state index contributed by atoms with van der Waals surface area (Å²) in [6, 6.07) is 37.9. The highest BCUT2D eigenvalue weighted by Gasteiger charge is 2.45. The van der Waals surface area contributed by atoms with E-state index in [0.29, 0.717) is 88.5 Å². The standard InChI is InChI=1S/C35H29F2N5O2S.C32H23F2N5O4S/c1-38-34(43)31-23-16-22(28(41(2)45-3)18-30(23)44-33(31)19-8-10-20(36)11-9-19)25-12-13-26-32(39-25)29-17-21-24(37)6-4-7-27(21)42(29)35(40-26)14-5-15-35;1-35-32(40)30-22-11-20(27(38(2)44(3,41)42)14-29(22)43-31(30)17-7-9-18(33)10-8-17)24-12-21-25(15-36-24)37-16-39-26-6-4-5-23(34)19(26)13-28(21)39/h4,6-13,16-18,40H,5,14-15H2,1-3H3,(H,38,43);4-16H,1-3H3,(H,35,40). The Balaban J connectivity index is 0.000000156. The Kier molecular flexibility index (Phi) is 13.5. The number of halogens is 4. The van der Waals surface area contributed by atoms with Gasteiger partial charge in [-0.15, -0.1) is 0 Å². The van der Waals surface area contributed by atoms with Gasteiger partial charge in [0.15, 0.2) is 0 Å². The second kappa shape index (κ2) is 21.3. The van der Waals surface area contributed by atoms with Crippen molar-refractivity contribution in [3.8, 4) is 56.6 Å². The molecule has 1 spiro atoms. The van der Waals surface area contributed by atoms with Crippen molar-refractivity contribution < 1.29 is 44.4 Å². The number of benzene rings is 6. The zero-order valence-corrected chi connectivity index (χ0v) is 50.1. The third-order valence-corrected chi connectivity index (χ3v) is 18.9. The van der Waals surface area contributed by atoms with E-state index < -0.39 is 21.7 Å². The second-order valence-electron chi connectivity index (χ2n) is 22.0. The van der Waals surface area contributed by atoms with E-state index in [1.165, 1.54) is 80.6 Å². The van der Waals surface area contributed by atoms with Crippen LogP contribution in [0.5, 0.6) is 0 Å². The molecule has 1 fully saturated rings. The topological polar surface area (TPSA) is 185 Å². The number of hydrogen-bond acceptors (Lipinski definition) is 12. The predicted molar refractivity (Wildman–Crippen MR) is 342 cm³/mol. The molecule has 16 nitrogen and oxygen atoms in total. The largest absolute Gasteiger partial charge is 0.455 e. The van der Waals surface area contributed by atoms with Crippen molar-refractivity contribution >= 4 is 111 Å². The van der Waals surface area contributed by atoms with Gasteiger partial charge in [0.2, 0.25) is 10.0 Å². The molecule has 1 saturated carbocycles. The van der Waals surface area contributed by atoms with E-state index in [-0.39, 0.29) is 51.6 Å². The maximum absolute atomic E-state index is 15.1. The molecule has 15 rings (SSSR count). The zero-order chi connectivity index (χ0) is 61.9. The van der Waals surface area contributed by atoms with Gasteiger partial charge in [0, 0.05) is 95.8 Å². The number of hydrogen-bond donors (Lipinski definition) is 3. The highest BCUT2D eigenvalue weighted by Crippen LogP contribution is 2.52. The van der Waals surface area contributed by atoms with Gasteiger partial charge >= 0.3 is 0 Å². The third-order valence-electron chi connectivity index (χ3n) is 16.9. The van der Waals surface area contributed by atoms with Crippen molar-refractivity contribution in [3.63, 3.8) is 0 Å². The predicted octanol–water partition coefficient (Wildman–Crippen LogP) is 14.5. The average Bonchev–Trinajstić information content (AvgIpc) is 1.62. The molecule has 8 heterocycles. The quantitative estimate of drug-likeness (QED) is 0.0871. The average molecular weight is 1230 g/mol. The second-order valence-corrected chi connectivity index (χ2v) is 24.9. The van der Waals surface area contributed by atoms with Gasteiger partial charge in [-0.05, 0) is 135 Å². The van der Waals surface area contributed by atoms with Gasteiger partial charge in [-0.25, -0.2) is 35.9 Å². The molecule has 2 amide bonds. The lowest BCUT2D eigenvalue weighted by molar-refractivity contribution is 0.0956. The van der Waals surface area contributed by atoms with Crippen LogP contribution in [0.15, 0.2) is 161 Å². The first-order valence-corrected chi connectivity index (χ1v) is 31.2. The molecule has 2 aliphatic rings. The fourth-order valence-corrected chi connectivity index (χ4v) is 13.1. The number of aromatic nitrogens is 5. The lowest BCUT2D eigenvalue weighted by Crippen LogP contribution is -2.49. The Morgan fingerprint density at radius 3 is 1.79 bits per heavy atom. The van der Waals surface area contributed by atoms with Crippen LogP contribution in [0, 0.1) is 23.3 Å². The van der Waals surface area contributed by atoms with Crippen molar-refractivity contribution in [1.82, 2.24) is 34.6 Å². The minimum Gasteiger partial charge on any atom is -0.455 e. The van der Waals surface area contributed by atoms with E-state index in [4.69, 9.17) is 13.8 Å². The number of amides is 2. The van der Waals surface area contributed by atoms with Crippen molar-refractivity contribution in [2.24, 2.45) is 0 Å². The molecule has 3 N–H and O–H groups in total. The Morgan fingerprint density at radius 1 is 0.652 bits per heavy atom. The van der Waals surface area contributed by atoms with Crippen LogP contribution in [0.4, 0.5) is 34.6 Å². The minimum absolute atomic E-state index is 0.196. The normalized spacial score (nSPS) is 13.3. The number of rotatable bonds is 10. The molecule has 0 unspecified atom stereocenters. The molecule has 13 aromatic rings. The molecule has 0 radical (unpaired) electrons. The lowest BCUT2D eigenvalue weighted by atomic mass is 9.82. The molecule has 446 valence electrons. The van der Waals surface area contributed by atoms with Gasteiger partial charge in [-0.1, -0.05) is 24.1 Å². The number of fused-ring (bicyclic) bond motifs is 13. The van der Waals surface area contributed by atoms with Crippen LogP contribution in [-0.2, 0) is 15.7 Å². The number of furan rings is 2. The number of carbonyl (C=O) groups is 2. The number of nitrogens with zero attached hydrogens (tertiary/aromatic N) is 7. The van der Waals surface area contributed by atoms with E-state index in [2.05, 4.69) is 30.5 Å². The molecular weight excluding hydrogens is 1180 g/mol. The molecule has 6 aromatic carbocycles. The van der Waals surface area contributed by atoms with Gasteiger partial charge in [-0.2, -0.15) is 0 Å². The summed E-state index contributed by atoms with van der Waals surface area (Å²) in [4.78, 5) is 40.8. The molecule has 22 heteroatoms. The van der Waals surface area contributed by atoms with Crippen molar-refractivity contribution in [1.29, 1.82) is 0 Å². The highest BCUT2D eigenvalue weighted by atomic mass is 32.2. The summed E-state index contributed by atoms with van der Waals surface area (Å²) >= 11 is 1.53. The third kappa shape index (κ3) is 9.26. The number of pyridine rings is 2. The van der Waals surface area contributed by atoms with Crippen LogP contribution in [0.2, 0.25) is 0 Å². The fourth-order valence-electron chi connectivity index (χ4n) is 12.3. The molecule has 0 saturated heterocycles. The number of carbonyl (C=O) groups excluding carboxylic acids is 2. The Bertz CT molecular complexity index is 5240.